The SMILES string of the molecule is NCCCC1CN=C(Cc2ccc(Br)cc2)O1. The summed E-state index contributed by atoms with van der Waals surface area (Å²) in [6.45, 7) is 1.51. The standard InChI is InChI=1S/C13H17BrN2O/c14-11-5-3-10(4-6-11)8-13-16-9-12(17-13)2-1-7-15/h3-6,12H,1-2,7-9,15H2. The summed E-state index contributed by atoms with van der Waals surface area (Å²) in [4.78, 5) is 4.43. The van der Waals surface area contributed by atoms with E-state index in [0.29, 0.717) is 0 Å². The van der Waals surface area contributed by atoms with E-state index in [9.17, 15) is 0 Å². The van der Waals surface area contributed by atoms with Crippen molar-refractivity contribution >= 4 is 21.8 Å². The molecular formula is C13H17BrN2O. The molecule has 1 aliphatic rings. The Morgan fingerprint density at radius 3 is 2.82 bits per heavy atom. The maximum absolute atomic E-state index is 5.78. The lowest BCUT2D eigenvalue weighted by Crippen LogP contribution is -2.15. The van der Waals surface area contributed by atoms with Crippen molar-refractivity contribution in [3.63, 3.8) is 0 Å². The summed E-state index contributed by atoms with van der Waals surface area (Å²) in [5.41, 5.74) is 6.71. The van der Waals surface area contributed by atoms with Crippen LogP contribution in [0.5, 0.6) is 0 Å². The van der Waals surface area contributed by atoms with Crippen LogP contribution in [0.15, 0.2) is 33.7 Å². The summed E-state index contributed by atoms with van der Waals surface area (Å²) in [5.74, 6) is 0.856. The summed E-state index contributed by atoms with van der Waals surface area (Å²) in [6.07, 6.45) is 3.03. The molecule has 1 heterocycles. The first-order chi connectivity index (χ1) is 8.28. The number of aliphatic imine (C=N–C) groups is 1. The van der Waals surface area contributed by atoms with Gasteiger partial charge in [-0.3, -0.25) is 4.99 Å². The fraction of sp³-hybridized carbons (Fsp3) is 0.462. The van der Waals surface area contributed by atoms with Crippen molar-refractivity contribution in [2.45, 2.75) is 25.4 Å². The van der Waals surface area contributed by atoms with Crippen LogP contribution < -0.4 is 5.73 Å². The molecule has 4 heteroatoms. The Morgan fingerprint density at radius 1 is 1.35 bits per heavy atom. The molecule has 2 rings (SSSR count). The maximum atomic E-state index is 5.78. The van der Waals surface area contributed by atoms with Gasteiger partial charge in [0.2, 0.25) is 0 Å². The second-order valence-electron chi connectivity index (χ2n) is 4.21. The van der Waals surface area contributed by atoms with Gasteiger partial charge in [0.25, 0.3) is 0 Å². The Hall–Kier alpha value is -0.870. The van der Waals surface area contributed by atoms with Gasteiger partial charge in [-0.2, -0.15) is 0 Å². The minimum Gasteiger partial charge on any atom is -0.475 e. The van der Waals surface area contributed by atoms with Crippen molar-refractivity contribution in [3.8, 4) is 0 Å². The summed E-state index contributed by atoms with van der Waals surface area (Å²) < 4.78 is 6.87. The normalized spacial score (nSPS) is 18.9. The molecule has 92 valence electrons. The number of halogens is 1. The zero-order chi connectivity index (χ0) is 12.1. The van der Waals surface area contributed by atoms with E-state index in [1.165, 1.54) is 5.56 Å². The van der Waals surface area contributed by atoms with Crippen molar-refractivity contribution < 1.29 is 4.74 Å². The monoisotopic (exact) mass is 296 g/mol. The Morgan fingerprint density at radius 2 is 2.12 bits per heavy atom. The van der Waals surface area contributed by atoms with Crippen molar-refractivity contribution in [3.05, 3.63) is 34.3 Å². The number of rotatable bonds is 5. The van der Waals surface area contributed by atoms with E-state index >= 15 is 0 Å². The Labute approximate surface area is 110 Å². The van der Waals surface area contributed by atoms with Gasteiger partial charge >= 0.3 is 0 Å². The Balaban J connectivity index is 1.83. The van der Waals surface area contributed by atoms with Crippen molar-refractivity contribution in [2.24, 2.45) is 10.7 Å². The van der Waals surface area contributed by atoms with Crippen LogP contribution in [-0.2, 0) is 11.2 Å². The van der Waals surface area contributed by atoms with E-state index in [-0.39, 0.29) is 6.10 Å². The fourth-order valence-electron chi connectivity index (χ4n) is 1.84. The summed E-state index contributed by atoms with van der Waals surface area (Å²) in [5, 5.41) is 0. The van der Waals surface area contributed by atoms with Gasteiger partial charge in [0, 0.05) is 10.9 Å². The molecular weight excluding hydrogens is 280 g/mol. The minimum atomic E-state index is 0.240. The van der Waals surface area contributed by atoms with Crippen molar-refractivity contribution in [1.29, 1.82) is 0 Å². The fourth-order valence-corrected chi connectivity index (χ4v) is 2.11. The van der Waals surface area contributed by atoms with Crippen LogP contribution in [0.2, 0.25) is 0 Å². The molecule has 0 radical (unpaired) electrons. The van der Waals surface area contributed by atoms with E-state index in [1.54, 1.807) is 0 Å². The minimum absolute atomic E-state index is 0.240. The highest BCUT2D eigenvalue weighted by molar-refractivity contribution is 9.10. The number of ether oxygens (including phenoxy) is 1. The van der Waals surface area contributed by atoms with Crippen LogP contribution in [0, 0.1) is 0 Å². The van der Waals surface area contributed by atoms with Crippen LogP contribution in [-0.4, -0.2) is 25.1 Å². The van der Waals surface area contributed by atoms with Gasteiger partial charge in [0.05, 0.1) is 6.54 Å². The predicted molar refractivity (Wildman–Crippen MR) is 73.3 cm³/mol. The molecule has 2 N–H and O–H groups in total. The first-order valence-corrected chi connectivity index (χ1v) is 6.71. The van der Waals surface area contributed by atoms with Gasteiger partial charge in [-0.05, 0) is 37.1 Å². The molecule has 0 bridgehead atoms. The number of hydrogen-bond donors (Lipinski definition) is 1. The van der Waals surface area contributed by atoms with Crippen molar-refractivity contribution in [2.75, 3.05) is 13.1 Å². The van der Waals surface area contributed by atoms with Crippen LogP contribution in [0.1, 0.15) is 18.4 Å². The molecule has 17 heavy (non-hydrogen) atoms. The van der Waals surface area contributed by atoms with E-state index in [0.717, 1.165) is 42.7 Å². The molecule has 1 aromatic carbocycles. The maximum Gasteiger partial charge on any atom is 0.188 e. The van der Waals surface area contributed by atoms with Crippen LogP contribution in [0.4, 0.5) is 0 Å². The molecule has 1 aliphatic heterocycles. The smallest absolute Gasteiger partial charge is 0.188 e. The average Bonchev–Trinajstić information content (AvgIpc) is 2.77. The molecule has 1 atom stereocenters. The lowest BCUT2D eigenvalue weighted by Gasteiger charge is -2.10. The quantitative estimate of drug-likeness (QED) is 0.908. The highest BCUT2D eigenvalue weighted by Crippen LogP contribution is 2.15. The van der Waals surface area contributed by atoms with Gasteiger partial charge in [-0.25, -0.2) is 0 Å². The molecule has 1 aromatic rings. The zero-order valence-electron chi connectivity index (χ0n) is 9.73. The lowest BCUT2D eigenvalue weighted by molar-refractivity contribution is 0.207. The number of benzene rings is 1. The second-order valence-corrected chi connectivity index (χ2v) is 5.12. The Bertz CT molecular complexity index is 389. The third-order valence-corrected chi connectivity index (χ3v) is 3.30. The third kappa shape index (κ3) is 3.82. The second kappa shape index (κ2) is 6.17. The highest BCUT2D eigenvalue weighted by Gasteiger charge is 2.18. The molecule has 0 spiro atoms. The van der Waals surface area contributed by atoms with Gasteiger partial charge in [0.1, 0.15) is 6.10 Å². The van der Waals surface area contributed by atoms with E-state index < -0.39 is 0 Å². The zero-order valence-corrected chi connectivity index (χ0v) is 11.3. The van der Waals surface area contributed by atoms with E-state index in [4.69, 9.17) is 10.5 Å². The van der Waals surface area contributed by atoms with Crippen LogP contribution in [0.25, 0.3) is 0 Å². The topological polar surface area (TPSA) is 47.6 Å². The van der Waals surface area contributed by atoms with Gasteiger partial charge in [-0.1, -0.05) is 28.1 Å². The van der Waals surface area contributed by atoms with Gasteiger partial charge in [0.15, 0.2) is 5.90 Å². The first kappa shape index (κ1) is 12.6. The highest BCUT2D eigenvalue weighted by atomic mass is 79.9. The summed E-state index contributed by atoms with van der Waals surface area (Å²) >= 11 is 3.42. The van der Waals surface area contributed by atoms with E-state index in [1.807, 2.05) is 12.1 Å². The third-order valence-electron chi connectivity index (χ3n) is 2.77. The van der Waals surface area contributed by atoms with Crippen LogP contribution in [0.3, 0.4) is 0 Å². The molecule has 0 aliphatic carbocycles. The molecule has 0 saturated heterocycles. The largest absolute Gasteiger partial charge is 0.475 e. The number of nitrogens with zero attached hydrogens (tertiary/aromatic N) is 1. The molecule has 3 nitrogen and oxygen atoms in total. The number of nitrogens with two attached hydrogens (primary N) is 1. The first-order valence-electron chi connectivity index (χ1n) is 5.92. The predicted octanol–water partition coefficient (Wildman–Crippen LogP) is 2.53. The van der Waals surface area contributed by atoms with Gasteiger partial charge in [-0.15, -0.1) is 0 Å². The molecule has 0 amide bonds. The van der Waals surface area contributed by atoms with Crippen molar-refractivity contribution in [1.82, 2.24) is 0 Å². The molecule has 1 unspecified atom stereocenters. The lowest BCUT2D eigenvalue weighted by atomic mass is 10.1. The van der Waals surface area contributed by atoms with E-state index in [2.05, 4.69) is 33.1 Å². The summed E-state index contributed by atoms with van der Waals surface area (Å²) in [6, 6.07) is 8.25. The number of hydrogen-bond acceptors (Lipinski definition) is 3. The molecule has 0 aromatic heterocycles. The summed E-state index contributed by atoms with van der Waals surface area (Å²) in [7, 11) is 0. The van der Waals surface area contributed by atoms with Gasteiger partial charge < -0.3 is 10.5 Å². The Kier molecular flexibility index (Phi) is 4.57. The average molecular weight is 297 g/mol. The molecule has 0 saturated carbocycles. The molecule has 0 fully saturated rings. The van der Waals surface area contributed by atoms with Crippen LogP contribution >= 0.6 is 15.9 Å².